The molecule has 2 aromatic carbocycles. The molecular weight excluding hydrogens is 252 g/mol. The summed E-state index contributed by atoms with van der Waals surface area (Å²) in [5.74, 6) is 0.460. The number of rotatable bonds is 2. The third kappa shape index (κ3) is 2.17. The maximum absolute atomic E-state index is 12.0. The summed E-state index contributed by atoms with van der Waals surface area (Å²) in [7, 11) is 2.60. The molecule has 2 aromatic rings. The van der Waals surface area contributed by atoms with Gasteiger partial charge in [-0.05, 0) is 18.2 Å². The summed E-state index contributed by atoms with van der Waals surface area (Å²) in [5, 5.41) is 3.56. The summed E-state index contributed by atoms with van der Waals surface area (Å²) in [4.78, 5) is 34.8. The van der Waals surface area contributed by atoms with E-state index in [1.54, 1.807) is 6.07 Å². The van der Waals surface area contributed by atoms with E-state index in [4.69, 9.17) is 4.74 Å². The van der Waals surface area contributed by atoms with Crippen molar-refractivity contribution in [3.05, 3.63) is 44.0 Å². The van der Waals surface area contributed by atoms with E-state index in [0.717, 1.165) is 7.11 Å². The van der Waals surface area contributed by atoms with E-state index in [1.807, 2.05) is 5.43 Å². The van der Waals surface area contributed by atoms with Crippen LogP contribution in [0.25, 0.3) is 10.8 Å². The lowest BCUT2D eigenvalue weighted by molar-refractivity contribution is 0.171. The number of ether oxygens (including phenoxy) is 2. The number of hydrogen-bond acceptors (Lipinski definition) is 6. The van der Waals surface area contributed by atoms with Crippen molar-refractivity contribution in [1.29, 1.82) is 0 Å². The molecule has 0 unspecified atom stereocenters. The van der Waals surface area contributed by atoms with Gasteiger partial charge in [0.25, 0.3) is 0 Å². The first-order chi connectivity index (χ1) is 9.08. The highest BCUT2D eigenvalue weighted by molar-refractivity contribution is 5.84. The number of carbonyl (C=O) groups excluding carboxylic acids is 1. The van der Waals surface area contributed by atoms with Gasteiger partial charge in [-0.3, -0.25) is 9.59 Å². The van der Waals surface area contributed by atoms with Gasteiger partial charge in [-0.1, -0.05) is 0 Å². The molecule has 0 atom stereocenters. The summed E-state index contributed by atoms with van der Waals surface area (Å²) in [6.45, 7) is 0. The smallest absolute Gasteiger partial charge is 0.427 e. The van der Waals surface area contributed by atoms with E-state index in [2.05, 4.69) is 9.84 Å². The average molecular weight is 262 g/mol. The van der Waals surface area contributed by atoms with Crippen LogP contribution < -0.4 is 26.4 Å². The van der Waals surface area contributed by atoms with Gasteiger partial charge in [-0.15, -0.1) is 0 Å². The maximum Gasteiger partial charge on any atom is 0.427 e. The summed E-state index contributed by atoms with van der Waals surface area (Å²) < 4.78 is 9.28. The second-order valence-electron chi connectivity index (χ2n) is 3.63. The molecule has 7 heteroatoms. The Morgan fingerprint density at radius 2 is 1.84 bits per heavy atom. The van der Waals surface area contributed by atoms with Crippen molar-refractivity contribution in [2.45, 2.75) is 0 Å². The molecule has 0 aliphatic heterocycles. The van der Waals surface area contributed by atoms with Crippen molar-refractivity contribution in [2.75, 3.05) is 14.2 Å². The number of methoxy groups -OCH3 is 2. The zero-order chi connectivity index (χ0) is 14.0. The van der Waals surface area contributed by atoms with E-state index in [1.165, 1.54) is 19.2 Å². The van der Waals surface area contributed by atoms with Gasteiger partial charge in [0.1, 0.15) is 5.75 Å². The molecule has 0 bridgehead atoms. The lowest BCUT2D eigenvalue weighted by Gasteiger charge is -1.96. The predicted molar refractivity (Wildman–Crippen MR) is 66.5 cm³/mol. The summed E-state index contributed by atoms with van der Waals surface area (Å²) >= 11 is 0. The van der Waals surface area contributed by atoms with Crippen molar-refractivity contribution >= 4 is 16.9 Å². The standard InChI is InChI=1S/C12H10N2O5/c1-18-6-3-4-7-8(5-6)11(16)9(10(7)15)13-14-12(17)19-2/h3-5H,1-2H3,(H,14,17)/b13-9-. The molecule has 98 valence electrons. The fraction of sp³-hybridized carbons (Fsp3) is 0.167. The monoisotopic (exact) mass is 262 g/mol. The molecule has 0 radical (unpaired) electrons. The fourth-order valence-electron chi connectivity index (χ4n) is 1.64. The molecule has 0 saturated carbocycles. The van der Waals surface area contributed by atoms with Gasteiger partial charge in [0.15, 0.2) is 5.36 Å². The minimum Gasteiger partial charge on any atom is -0.497 e. The highest BCUT2D eigenvalue weighted by Gasteiger charge is 2.12. The minimum absolute atomic E-state index is 0.203. The van der Waals surface area contributed by atoms with Crippen molar-refractivity contribution < 1.29 is 14.3 Å². The van der Waals surface area contributed by atoms with Gasteiger partial charge < -0.3 is 9.47 Å². The molecule has 0 saturated heterocycles. The molecule has 19 heavy (non-hydrogen) atoms. The highest BCUT2D eigenvalue weighted by atomic mass is 16.5. The number of amides is 1. The van der Waals surface area contributed by atoms with E-state index < -0.39 is 17.0 Å². The van der Waals surface area contributed by atoms with Crippen LogP contribution in [0.15, 0.2) is 32.9 Å². The zero-order valence-corrected chi connectivity index (χ0v) is 10.2. The molecule has 0 aromatic heterocycles. The molecule has 0 heterocycles. The number of fused-ring (bicyclic) bond motifs is 1. The third-order valence-electron chi connectivity index (χ3n) is 2.59. The molecule has 0 aliphatic carbocycles. The van der Waals surface area contributed by atoms with Crippen LogP contribution in [-0.2, 0) is 4.74 Å². The van der Waals surface area contributed by atoms with Gasteiger partial charge in [-0.25, -0.2) is 10.2 Å². The van der Waals surface area contributed by atoms with E-state index in [9.17, 15) is 14.4 Å². The average Bonchev–Trinajstić information content (AvgIpc) is 2.68. The number of hydrogen-bond donors (Lipinski definition) is 1. The third-order valence-corrected chi connectivity index (χ3v) is 2.59. The van der Waals surface area contributed by atoms with Gasteiger partial charge >= 0.3 is 6.09 Å². The van der Waals surface area contributed by atoms with Gasteiger partial charge in [0.2, 0.25) is 10.9 Å². The zero-order valence-electron chi connectivity index (χ0n) is 10.2. The van der Waals surface area contributed by atoms with E-state index in [-0.39, 0.29) is 16.1 Å². The molecule has 0 spiro atoms. The van der Waals surface area contributed by atoms with E-state index in [0.29, 0.717) is 5.75 Å². The van der Waals surface area contributed by atoms with Crippen molar-refractivity contribution in [3.8, 4) is 5.75 Å². The Kier molecular flexibility index (Phi) is 3.28. The highest BCUT2D eigenvalue weighted by Crippen LogP contribution is 2.14. The van der Waals surface area contributed by atoms with Crippen LogP contribution in [0.4, 0.5) is 4.79 Å². The lowest BCUT2D eigenvalue weighted by atomic mass is 10.2. The molecule has 0 aliphatic rings. The topological polar surface area (TPSA) is 94.1 Å². The lowest BCUT2D eigenvalue weighted by Crippen LogP contribution is -2.35. The Labute approximate surface area is 106 Å². The number of nitrogens with zero attached hydrogens (tertiary/aromatic N) is 1. The Bertz CT molecular complexity index is 787. The predicted octanol–water partition coefficient (Wildman–Crippen LogP) is -0.384. The molecule has 2 rings (SSSR count). The molecular formula is C12H10N2O5. The largest absolute Gasteiger partial charge is 0.497 e. The van der Waals surface area contributed by atoms with Crippen molar-refractivity contribution in [3.63, 3.8) is 0 Å². The van der Waals surface area contributed by atoms with Crippen molar-refractivity contribution in [2.24, 2.45) is 5.10 Å². The van der Waals surface area contributed by atoms with Crippen LogP contribution in [0.3, 0.4) is 0 Å². The van der Waals surface area contributed by atoms with Gasteiger partial charge in [-0.2, -0.15) is 5.10 Å². The fourth-order valence-corrected chi connectivity index (χ4v) is 1.64. The first kappa shape index (κ1) is 12.7. The Morgan fingerprint density at radius 3 is 2.47 bits per heavy atom. The van der Waals surface area contributed by atoms with Crippen LogP contribution in [0.1, 0.15) is 0 Å². The number of nitrogens with one attached hydrogen (secondary N) is 1. The minimum atomic E-state index is -0.860. The quantitative estimate of drug-likeness (QED) is 0.744. The van der Waals surface area contributed by atoms with Crippen LogP contribution in [0.2, 0.25) is 0 Å². The van der Waals surface area contributed by atoms with Gasteiger partial charge in [0, 0.05) is 10.8 Å². The van der Waals surface area contributed by atoms with Crippen LogP contribution in [0, 0.1) is 0 Å². The molecule has 7 nitrogen and oxygen atoms in total. The normalized spacial score (nSPS) is 11.6. The second kappa shape index (κ2) is 4.89. The van der Waals surface area contributed by atoms with Crippen LogP contribution in [0.5, 0.6) is 5.75 Å². The first-order valence-corrected chi connectivity index (χ1v) is 5.27. The van der Waals surface area contributed by atoms with Gasteiger partial charge in [0.05, 0.1) is 14.2 Å². The molecule has 0 fully saturated rings. The number of carbonyl (C=O) groups is 1. The first-order valence-electron chi connectivity index (χ1n) is 5.27. The van der Waals surface area contributed by atoms with E-state index >= 15 is 0 Å². The summed E-state index contributed by atoms with van der Waals surface area (Å²) in [5.41, 5.74) is 0.850. The number of benzene rings is 1. The Hall–Kier alpha value is -2.70. The second-order valence-corrected chi connectivity index (χ2v) is 3.63. The Morgan fingerprint density at radius 1 is 1.16 bits per heavy atom. The van der Waals surface area contributed by atoms with Crippen LogP contribution in [-0.4, -0.2) is 20.3 Å². The Balaban J connectivity index is 2.67. The van der Waals surface area contributed by atoms with Crippen molar-refractivity contribution in [1.82, 2.24) is 5.43 Å². The summed E-state index contributed by atoms with van der Waals surface area (Å²) in [6.07, 6.45) is -0.860. The molecule has 1 amide bonds. The van der Waals surface area contributed by atoms with Crippen LogP contribution >= 0.6 is 0 Å². The maximum atomic E-state index is 12.0. The SMILES string of the molecule is COC(=O)N/N=c1/c(=O)c2ccc(OC)cc2c1=O. The summed E-state index contributed by atoms with van der Waals surface area (Å²) in [6, 6.07) is 4.51. The molecule has 1 N–H and O–H groups in total.